The zero-order valence-corrected chi connectivity index (χ0v) is 11.8. The molecule has 7 nitrogen and oxygen atoms in total. The van der Waals surface area contributed by atoms with E-state index in [9.17, 15) is 4.79 Å². The van der Waals surface area contributed by atoms with Crippen LogP contribution in [0.1, 0.15) is 0 Å². The van der Waals surface area contributed by atoms with E-state index in [1.807, 2.05) is 30.3 Å². The first-order valence-electron chi connectivity index (χ1n) is 6.85. The van der Waals surface area contributed by atoms with Gasteiger partial charge in [0.2, 0.25) is 0 Å². The summed E-state index contributed by atoms with van der Waals surface area (Å²) in [6.07, 6.45) is 0. The monoisotopic (exact) mass is 306 g/mol. The van der Waals surface area contributed by atoms with E-state index < -0.39 is 5.63 Å². The molecule has 2 heterocycles. The molecule has 4 aromatic rings. The van der Waals surface area contributed by atoms with Crippen molar-refractivity contribution in [3.05, 3.63) is 71.1 Å². The van der Waals surface area contributed by atoms with E-state index in [1.54, 1.807) is 24.3 Å². The van der Waals surface area contributed by atoms with Crippen LogP contribution in [-0.4, -0.2) is 20.2 Å². The topological polar surface area (TPSA) is 83.0 Å². The van der Waals surface area contributed by atoms with Gasteiger partial charge in [0.05, 0.1) is 5.69 Å². The fourth-order valence-electron chi connectivity index (χ4n) is 2.18. The van der Waals surface area contributed by atoms with Gasteiger partial charge in [0.1, 0.15) is 11.3 Å². The standard InChI is InChI=1S/C16H10N4O3/c21-15-9-7-11-6-8-13(10-14(11)23-15)22-16-17-18-19-20(16)12-4-2-1-3-5-12/h1-10H. The molecule has 0 unspecified atom stereocenters. The average Bonchev–Trinajstić information content (AvgIpc) is 3.03. The molecular weight excluding hydrogens is 296 g/mol. The van der Waals surface area contributed by atoms with Crippen molar-refractivity contribution in [3.8, 4) is 17.4 Å². The molecule has 0 saturated heterocycles. The molecule has 23 heavy (non-hydrogen) atoms. The highest BCUT2D eigenvalue weighted by atomic mass is 16.5. The van der Waals surface area contributed by atoms with Crippen molar-refractivity contribution in [2.24, 2.45) is 0 Å². The predicted octanol–water partition coefficient (Wildman–Crippen LogP) is 2.56. The van der Waals surface area contributed by atoms with Crippen molar-refractivity contribution < 1.29 is 9.15 Å². The summed E-state index contributed by atoms with van der Waals surface area (Å²) in [6, 6.07) is 17.9. The first-order chi connectivity index (χ1) is 11.3. The zero-order valence-electron chi connectivity index (χ0n) is 11.8. The van der Waals surface area contributed by atoms with Crippen molar-refractivity contribution >= 4 is 11.0 Å². The number of tetrazole rings is 1. The van der Waals surface area contributed by atoms with Gasteiger partial charge in [-0.15, -0.1) is 0 Å². The summed E-state index contributed by atoms with van der Waals surface area (Å²) in [5, 5.41) is 12.2. The summed E-state index contributed by atoms with van der Waals surface area (Å²) in [4.78, 5) is 11.3. The molecule has 0 aliphatic rings. The number of aromatic nitrogens is 4. The molecule has 7 heteroatoms. The molecule has 0 N–H and O–H groups in total. The highest BCUT2D eigenvalue weighted by molar-refractivity contribution is 5.77. The van der Waals surface area contributed by atoms with E-state index in [-0.39, 0.29) is 6.01 Å². The first-order valence-corrected chi connectivity index (χ1v) is 6.85. The Morgan fingerprint density at radius 3 is 2.70 bits per heavy atom. The molecule has 4 rings (SSSR count). The minimum atomic E-state index is -0.413. The van der Waals surface area contributed by atoms with Crippen LogP contribution < -0.4 is 10.4 Å². The van der Waals surface area contributed by atoms with E-state index in [2.05, 4.69) is 15.5 Å². The molecular formula is C16H10N4O3. The third-order valence-electron chi connectivity index (χ3n) is 3.25. The van der Waals surface area contributed by atoms with E-state index >= 15 is 0 Å². The summed E-state index contributed by atoms with van der Waals surface area (Å²) in [7, 11) is 0. The van der Waals surface area contributed by atoms with Gasteiger partial charge in [0, 0.05) is 17.5 Å². The highest BCUT2D eigenvalue weighted by Gasteiger charge is 2.11. The van der Waals surface area contributed by atoms with Crippen molar-refractivity contribution in [2.45, 2.75) is 0 Å². The van der Waals surface area contributed by atoms with E-state index in [0.717, 1.165) is 11.1 Å². The number of hydrogen-bond acceptors (Lipinski definition) is 6. The molecule has 2 aromatic carbocycles. The molecule has 0 aliphatic carbocycles. The maximum Gasteiger partial charge on any atom is 0.345 e. The Morgan fingerprint density at radius 2 is 1.83 bits per heavy atom. The molecule has 0 radical (unpaired) electrons. The van der Waals surface area contributed by atoms with Gasteiger partial charge in [0.25, 0.3) is 0 Å². The lowest BCUT2D eigenvalue weighted by Gasteiger charge is -2.06. The number of fused-ring (bicyclic) bond motifs is 1. The van der Waals surface area contributed by atoms with Gasteiger partial charge in [-0.25, -0.2) is 4.79 Å². The fourth-order valence-corrected chi connectivity index (χ4v) is 2.18. The quantitative estimate of drug-likeness (QED) is 0.541. The molecule has 0 spiro atoms. The van der Waals surface area contributed by atoms with Crippen LogP contribution in [0.3, 0.4) is 0 Å². The molecule has 112 valence electrons. The Labute approximate surface area is 129 Å². The number of hydrogen-bond donors (Lipinski definition) is 0. The third kappa shape index (κ3) is 2.55. The Morgan fingerprint density at radius 1 is 1.00 bits per heavy atom. The number of benzene rings is 2. The molecule has 0 atom stereocenters. The van der Waals surface area contributed by atoms with E-state index in [4.69, 9.17) is 9.15 Å². The molecule has 2 aromatic heterocycles. The van der Waals surface area contributed by atoms with Crippen LogP contribution in [0.15, 0.2) is 69.9 Å². The lowest BCUT2D eigenvalue weighted by atomic mass is 10.2. The second kappa shape index (κ2) is 5.38. The van der Waals surface area contributed by atoms with Crippen LogP contribution in [0.4, 0.5) is 0 Å². The van der Waals surface area contributed by atoms with E-state index in [0.29, 0.717) is 11.3 Å². The van der Waals surface area contributed by atoms with Crippen LogP contribution in [0.25, 0.3) is 16.7 Å². The number of rotatable bonds is 3. The van der Waals surface area contributed by atoms with Crippen molar-refractivity contribution in [1.29, 1.82) is 0 Å². The number of para-hydroxylation sites is 1. The molecule has 0 fully saturated rings. The Kier molecular flexibility index (Phi) is 3.09. The third-order valence-corrected chi connectivity index (χ3v) is 3.25. The van der Waals surface area contributed by atoms with Crippen LogP contribution in [-0.2, 0) is 0 Å². The second-order valence-corrected chi connectivity index (χ2v) is 4.76. The average molecular weight is 306 g/mol. The Balaban J connectivity index is 1.72. The number of ether oxygens (including phenoxy) is 1. The van der Waals surface area contributed by atoms with Gasteiger partial charge >= 0.3 is 11.6 Å². The van der Waals surface area contributed by atoms with Gasteiger partial charge in [-0.05, 0) is 40.8 Å². The highest BCUT2D eigenvalue weighted by Crippen LogP contribution is 2.24. The van der Waals surface area contributed by atoms with E-state index in [1.165, 1.54) is 10.7 Å². The fraction of sp³-hybridized carbons (Fsp3) is 0. The second-order valence-electron chi connectivity index (χ2n) is 4.76. The lowest BCUT2D eigenvalue weighted by molar-refractivity contribution is 0.426. The van der Waals surface area contributed by atoms with Crippen LogP contribution >= 0.6 is 0 Å². The van der Waals surface area contributed by atoms with Crippen molar-refractivity contribution in [2.75, 3.05) is 0 Å². The van der Waals surface area contributed by atoms with Crippen LogP contribution in [0.5, 0.6) is 11.8 Å². The largest absolute Gasteiger partial charge is 0.423 e. The Bertz CT molecular complexity index is 1020. The SMILES string of the molecule is O=c1ccc2ccc(Oc3nnnn3-c3ccccc3)cc2o1. The molecule has 0 bridgehead atoms. The summed E-state index contributed by atoms with van der Waals surface area (Å²) in [5.74, 6) is 0.471. The minimum Gasteiger partial charge on any atom is -0.423 e. The zero-order chi connectivity index (χ0) is 15.6. The summed E-state index contributed by atoms with van der Waals surface area (Å²) in [5.41, 5.74) is 0.803. The summed E-state index contributed by atoms with van der Waals surface area (Å²) < 4.78 is 12.3. The summed E-state index contributed by atoms with van der Waals surface area (Å²) >= 11 is 0. The summed E-state index contributed by atoms with van der Waals surface area (Å²) in [6.45, 7) is 0. The minimum absolute atomic E-state index is 0.217. The molecule has 0 saturated carbocycles. The maximum absolute atomic E-state index is 11.3. The van der Waals surface area contributed by atoms with Gasteiger partial charge in [-0.2, -0.15) is 4.68 Å². The lowest BCUT2D eigenvalue weighted by Crippen LogP contribution is -2.00. The maximum atomic E-state index is 11.3. The van der Waals surface area contributed by atoms with Gasteiger partial charge in [0.15, 0.2) is 0 Å². The van der Waals surface area contributed by atoms with Gasteiger partial charge < -0.3 is 9.15 Å². The van der Waals surface area contributed by atoms with Crippen LogP contribution in [0, 0.1) is 0 Å². The number of nitrogens with zero attached hydrogens (tertiary/aromatic N) is 4. The predicted molar refractivity (Wildman–Crippen MR) is 81.7 cm³/mol. The molecule has 0 amide bonds. The first kappa shape index (κ1) is 13.2. The van der Waals surface area contributed by atoms with Crippen molar-refractivity contribution in [1.82, 2.24) is 20.2 Å². The van der Waals surface area contributed by atoms with Crippen molar-refractivity contribution in [3.63, 3.8) is 0 Å². The smallest absolute Gasteiger partial charge is 0.345 e. The Hall–Kier alpha value is -3.48. The molecule has 0 aliphatic heterocycles. The van der Waals surface area contributed by atoms with Gasteiger partial charge in [-0.1, -0.05) is 23.3 Å². The van der Waals surface area contributed by atoms with Gasteiger partial charge in [-0.3, -0.25) is 0 Å². The normalized spacial score (nSPS) is 10.8. The van der Waals surface area contributed by atoms with Crippen LogP contribution in [0.2, 0.25) is 0 Å².